The van der Waals surface area contributed by atoms with Gasteiger partial charge < -0.3 is 19.7 Å². The summed E-state index contributed by atoms with van der Waals surface area (Å²) >= 11 is 0. The Morgan fingerprint density at radius 3 is 2.81 bits per heavy atom. The Hall–Kier alpha value is -3.09. The Balaban J connectivity index is 1.58. The molecule has 1 aromatic heterocycles. The number of nitrogens with zero attached hydrogens (tertiary/aromatic N) is 2. The van der Waals surface area contributed by atoms with Crippen molar-refractivity contribution in [3.63, 3.8) is 0 Å². The van der Waals surface area contributed by atoms with Gasteiger partial charge in [-0.1, -0.05) is 6.07 Å². The molecule has 2 amide bonds. The van der Waals surface area contributed by atoms with Crippen LogP contribution >= 0.6 is 0 Å². The lowest BCUT2D eigenvalue weighted by Crippen LogP contribution is -2.32. The Bertz CT molecular complexity index is 810. The summed E-state index contributed by atoms with van der Waals surface area (Å²) in [6.45, 7) is 1.13. The van der Waals surface area contributed by atoms with E-state index in [2.05, 4.69) is 10.3 Å². The average Bonchev–Trinajstić information content (AvgIpc) is 3.07. The molecule has 2 aromatic rings. The molecule has 3 rings (SSSR count). The SMILES string of the molecule is COc1ccc(OC)c(CNC(=O)C2CC(=O)N(Cc3ccccn3)C2)c1. The fourth-order valence-corrected chi connectivity index (χ4v) is 3.13. The smallest absolute Gasteiger partial charge is 0.225 e. The molecule has 1 fully saturated rings. The zero-order valence-electron chi connectivity index (χ0n) is 15.5. The summed E-state index contributed by atoms with van der Waals surface area (Å²) in [6, 6.07) is 11.0. The zero-order valence-corrected chi connectivity index (χ0v) is 15.5. The summed E-state index contributed by atoms with van der Waals surface area (Å²) in [5, 5.41) is 2.90. The predicted octanol–water partition coefficient (Wildman–Crippen LogP) is 1.76. The summed E-state index contributed by atoms with van der Waals surface area (Å²) in [5.41, 5.74) is 1.63. The van der Waals surface area contributed by atoms with E-state index in [4.69, 9.17) is 9.47 Å². The van der Waals surface area contributed by atoms with Gasteiger partial charge in [0, 0.05) is 31.3 Å². The Morgan fingerprint density at radius 1 is 1.26 bits per heavy atom. The van der Waals surface area contributed by atoms with Gasteiger partial charge in [0.1, 0.15) is 11.5 Å². The van der Waals surface area contributed by atoms with E-state index in [1.807, 2.05) is 24.3 Å². The summed E-state index contributed by atoms with van der Waals surface area (Å²) in [4.78, 5) is 30.7. The summed E-state index contributed by atoms with van der Waals surface area (Å²) in [5.74, 6) is 0.835. The van der Waals surface area contributed by atoms with Crippen molar-refractivity contribution in [2.24, 2.45) is 5.92 Å². The Morgan fingerprint density at radius 2 is 2.11 bits per heavy atom. The second-order valence-corrected chi connectivity index (χ2v) is 6.39. The van der Waals surface area contributed by atoms with E-state index in [0.717, 1.165) is 11.3 Å². The average molecular weight is 369 g/mol. The monoisotopic (exact) mass is 369 g/mol. The number of carbonyl (C=O) groups excluding carboxylic acids is 2. The Kier molecular flexibility index (Phi) is 5.90. The second-order valence-electron chi connectivity index (χ2n) is 6.39. The largest absolute Gasteiger partial charge is 0.497 e. The molecule has 1 aliphatic heterocycles. The number of carbonyl (C=O) groups is 2. The highest BCUT2D eigenvalue weighted by atomic mass is 16.5. The van der Waals surface area contributed by atoms with Crippen LogP contribution in [0.5, 0.6) is 11.5 Å². The van der Waals surface area contributed by atoms with Gasteiger partial charge in [-0.25, -0.2) is 0 Å². The van der Waals surface area contributed by atoms with Gasteiger partial charge in [0.15, 0.2) is 0 Å². The van der Waals surface area contributed by atoms with Crippen LogP contribution in [0, 0.1) is 5.92 Å². The molecule has 7 heteroatoms. The van der Waals surface area contributed by atoms with Gasteiger partial charge in [0.2, 0.25) is 11.8 Å². The number of ether oxygens (including phenoxy) is 2. The van der Waals surface area contributed by atoms with Crippen LogP contribution in [0.4, 0.5) is 0 Å². The minimum atomic E-state index is -0.363. The van der Waals surface area contributed by atoms with Crippen molar-refractivity contribution in [2.45, 2.75) is 19.5 Å². The molecule has 1 N–H and O–H groups in total. The second kappa shape index (κ2) is 8.53. The molecule has 0 saturated carbocycles. The maximum absolute atomic E-state index is 12.5. The molecule has 1 unspecified atom stereocenters. The van der Waals surface area contributed by atoms with Crippen LogP contribution in [0.25, 0.3) is 0 Å². The molecule has 1 atom stereocenters. The highest BCUT2D eigenvalue weighted by Gasteiger charge is 2.34. The number of methoxy groups -OCH3 is 2. The van der Waals surface area contributed by atoms with Crippen LogP contribution in [0.2, 0.25) is 0 Å². The van der Waals surface area contributed by atoms with E-state index in [-0.39, 0.29) is 24.2 Å². The summed E-state index contributed by atoms with van der Waals surface area (Å²) in [7, 11) is 3.17. The van der Waals surface area contributed by atoms with Gasteiger partial charge in [-0.15, -0.1) is 0 Å². The topological polar surface area (TPSA) is 80.8 Å². The van der Waals surface area contributed by atoms with Crippen LogP contribution in [0.3, 0.4) is 0 Å². The summed E-state index contributed by atoms with van der Waals surface area (Å²) < 4.78 is 10.5. The van der Waals surface area contributed by atoms with Gasteiger partial charge in [0.05, 0.1) is 32.4 Å². The molecule has 7 nitrogen and oxygen atoms in total. The molecule has 2 heterocycles. The molecule has 142 valence electrons. The quantitative estimate of drug-likeness (QED) is 0.804. The fourth-order valence-electron chi connectivity index (χ4n) is 3.13. The van der Waals surface area contributed by atoms with Crippen molar-refractivity contribution in [3.8, 4) is 11.5 Å². The van der Waals surface area contributed by atoms with Gasteiger partial charge in [-0.3, -0.25) is 14.6 Å². The van der Waals surface area contributed by atoms with Crippen LogP contribution in [-0.2, 0) is 22.7 Å². The van der Waals surface area contributed by atoms with Gasteiger partial charge in [0.25, 0.3) is 0 Å². The first kappa shape index (κ1) is 18.7. The van der Waals surface area contributed by atoms with Crippen LogP contribution in [0.15, 0.2) is 42.6 Å². The fraction of sp³-hybridized carbons (Fsp3) is 0.350. The first-order chi connectivity index (χ1) is 13.1. The molecule has 0 bridgehead atoms. The van der Waals surface area contributed by atoms with E-state index in [1.165, 1.54) is 0 Å². The van der Waals surface area contributed by atoms with E-state index < -0.39 is 0 Å². The zero-order chi connectivity index (χ0) is 19.2. The van der Waals surface area contributed by atoms with Crippen molar-refractivity contribution >= 4 is 11.8 Å². The normalized spacial score (nSPS) is 16.3. The number of nitrogens with one attached hydrogen (secondary N) is 1. The van der Waals surface area contributed by atoms with Gasteiger partial charge in [-0.05, 0) is 30.3 Å². The number of aromatic nitrogens is 1. The highest BCUT2D eigenvalue weighted by Crippen LogP contribution is 2.24. The van der Waals surface area contributed by atoms with Gasteiger partial charge in [-0.2, -0.15) is 0 Å². The lowest BCUT2D eigenvalue weighted by atomic mass is 10.1. The van der Waals surface area contributed by atoms with Crippen LogP contribution in [-0.4, -0.2) is 42.5 Å². The predicted molar refractivity (Wildman–Crippen MR) is 99.2 cm³/mol. The molecule has 1 aromatic carbocycles. The van der Waals surface area contributed by atoms with E-state index >= 15 is 0 Å². The first-order valence-corrected chi connectivity index (χ1v) is 8.77. The molecule has 1 aliphatic rings. The first-order valence-electron chi connectivity index (χ1n) is 8.77. The molecule has 0 radical (unpaired) electrons. The number of pyridine rings is 1. The van der Waals surface area contributed by atoms with Crippen molar-refractivity contribution in [2.75, 3.05) is 20.8 Å². The third kappa shape index (κ3) is 4.55. The molecule has 0 spiro atoms. The lowest BCUT2D eigenvalue weighted by molar-refractivity contribution is -0.129. The number of hydrogen-bond acceptors (Lipinski definition) is 5. The maximum Gasteiger partial charge on any atom is 0.225 e. The van der Waals surface area contributed by atoms with Gasteiger partial charge >= 0.3 is 0 Å². The lowest BCUT2D eigenvalue weighted by Gasteiger charge is -2.16. The number of hydrogen-bond donors (Lipinski definition) is 1. The highest BCUT2D eigenvalue weighted by molar-refractivity contribution is 5.89. The minimum Gasteiger partial charge on any atom is -0.497 e. The van der Waals surface area contributed by atoms with Crippen LogP contribution < -0.4 is 14.8 Å². The van der Waals surface area contributed by atoms with Crippen molar-refractivity contribution < 1.29 is 19.1 Å². The molecule has 1 saturated heterocycles. The van der Waals surface area contributed by atoms with E-state index in [9.17, 15) is 9.59 Å². The number of benzene rings is 1. The molecule has 0 aliphatic carbocycles. The van der Waals surface area contributed by atoms with Crippen molar-refractivity contribution in [3.05, 3.63) is 53.9 Å². The molecular weight excluding hydrogens is 346 g/mol. The number of rotatable bonds is 7. The molecule has 27 heavy (non-hydrogen) atoms. The van der Waals surface area contributed by atoms with E-state index in [0.29, 0.717) is 31.1 Å². The maximum atomic E-state index is 12.5. The third-order valence-electron chi connectivity index (χ3n) is 4.60. The number of amides is 2. The van der Waals surface area contributed by atoms with Crippen molar-refractivity contribution in [1.29, 1.82) is 0 Å². The third-order valence-corrected chi connectivity index (χ3v) is 4.60. The Labute approximate surface area is 158 Å². The minimum absolute atomic E-state index is 0.0280. The standard InChI is InChI=1S/C20H23N3O4/c1-26-17-6-7-18(27-2)14(9-17)11-22-20(25)15-10-19(24)23(12-15)13-16-5-3-4-8-21-16/h3-9,15H,10-13H2,1-2H3,(H,22,25). The molecular formula is C20H23N3O4. The van der Waals surface area contributed by atoms with Crippen LogP contribution in [0.1, 0.15) is 17.7 Å². The number of likely N-dealkylation sites (tertiary alicyclic amines) is 1. The summed E-state index contributed by atoms with van der Waals surface area (Å²) in [6.07, 6.45) is 1.91. The van der Waals surface area contributed by atoms with Crippen molar-refractivity contribution in [1.82, 2.24) is 15.2 Å². The van der Waals surface area contributed by atoms with E-state index in [1.54, 1.807) is 37.4 Å².